The maximum absolute atomic E-state index is 15.5. The van der Waals surface area contributed by atoms with E-state index in [1.807, 2.05) is 41.0 Å². The maximum Gasteiger partial charge on any atom is 0.198 e. The molecule has 0 spiro atoms. The molecule has 0 saturated carbocycles. The highest BCUT2D eigenvalue weighted by Crippen LogP contribution is 2.46. The molecule has 2 atom stereocenters. The summed E-state index contributed by atoms with van der Waals surface area (Å²) in [5, 5.41) is 18.3. The van der Waals surface area contributed by atoms with E-state index in [2.05, 4.69) is 31.1 Å². The van der Waals surface area contributed by atoms with Crippen molar-refractivity contribution in [1.82, 2.24) is 9.88 Å². The van der Waals surface area contributed by atoms with Gasteiger partial charge in [-0.25, -0.2) is 4.39 Å². The van der Waals surface area contributed by atoms with Crippen LogP contribution in [0.25, 0.3) is 33.1 Å². The van der Waals surface area contributed by atoms with Crippen LogP contribution in [0.15, 0.2) is 60.0 Å². The van der Waals surface area contributed by atoms with Crippen molar-refractivity contribution in [3.05, 3.63) is 76.8 Å². The second kappa shape index (κ2) is 11.1. The molecule has 0 radical (unpaired) electrons. The van der Waals surface area contributed by atoms with Gasteiger partial charge in [-0.1, -0.05) is 64.0 Å². The number of hydrogen-bond donors (Lipinski definition) is 3. The van der Waals surface area contributed by atoms with Crippen LogP contribution in [0.3, 0.4) is 0 Å². The van der Waals surface area contributed by atoms with Gasteiger partial charge < -0.3 is 25.0 Å². The van der Waals surface area contributed by atoms with E-state index < -0.39 is 11.9 Å². The predicted octanol–water partition coefficient (Wildman–Crippen LogP) is 6.96. The van der Waals surface area contributed by atoms with E-state index in [-0.39, 0.29) is 28.8 Å². The van der Waals surface area contributed by atoms with E-state index in [0.717, 1.165) is 22.9 Å². The summed E-state index contributed by atoms with van der Waals surface area (Å²) in [7, 11) is 0. The van der Waals surface area contributed by atoms with Gasteiger partial charge in [0.05, 0.1) is 22.7 Å². The molecule has 0 amide bonds. The third kappa shape index (κ3) is 5.23. The minimum Gasteiger partial charge on any atom is -0.451 e. The van der Waals surface area contributed by atoms with E-state index in [4.69, 9.17) is 4.74 Å². The van der Waals surface area contributed by atoms with Crippen LogP contribution < -0.4 is 20.8 Å². The van der Waals surface area contributed by atoms with Crippen molar-refractivity contribution in [2.45, 2.75) is 52.6 Å². The molecule has 6 nitrogen and oxygen atoms in total. The van der Waals surface area contributed by atoms with Gasteiger partial charge in [0.15, 0.2) is 22.7 Å². The number of hydrogen-bond acceptors (Lipinski definition) is 5. The summed E-state index contributed by atoms with van der Waals surface area (Å²) in [5.74, 6) is 0.726. The van der Waals surface area contributed by atoms with Crippen LogP contribution in [0, 0.1) is 11.7 Å². The molecule has 3 N–H and O–H groups in total. The number of pyridine rings is 1. The van der Waals surface area contributed by atoms with Gasteiger partial charge in [-0.05, 0) is 48.2 Å². The van der Waals surface area contributed by atoms with Gasteiger partial charge in [-0.3, -0.25) is 4.79 Å². The van der Waals surface area contributed by atoms with Gasteiger partial charge in [-0.15, -0.1) is 0 Å². The fourth-order valence-corrected chi connectivity index (χ4v) is 5.19. The molecule has 4 aromatic rings. The number of aromatic nitrogens is 1. The molecule has 1 aliphatic rings. The Labute approximate surface area is 228 Å². The quantitative estimate of drug-likeness (QED) is 0.172. The Bertz CT molecular complexity index is 1610. The lowest BCUT2D eigenvalue weighted by atomic mass is 10.0. The first kappa shape index (κ1) is 26.8. The summed E-state index contributed by atoms with van der Waals surface area (Å²) < 4.78 is 23.7. The third-order valence-corrected chi connectivity index (χ3v) is 7.42. The summed E-state index contributed by atoms with van der Waals surface area (Å²) >= 11 is 0. The van der Waals surface area contributed by atoms with E-state index in [9.17, 15) is 9.90 Å². The number of anilines is 1. The average molecular weight is 530 g/mol. The van der Waals surface area contributed by atoms with Gasteiger partial charge >= 0.3 is 0 Å². The normalized spacial score (nSPS) is 13.6. The maximum atomic E-state index is 15.5. The summed E-state index contributed by atoms with van der Waals surface area (Å²) in [6.07, 6.45) is 5.60. The van der Waals surface area contributed by atoms with E-state index in [1.165, 1.54) is 25.3 Å². The predicted molar refractivity (Wildman–Crippen MR) is 158 cm³/mol. The SMILES string of the molecule is C=C(NCCC(C)CCCC)c1cn2c3c(c(NCC(C)O)c(F)cc3c1=O)Oc1cc3ccccc3cc1-2. The van der Waals surface area contributed by atoms with Crippen LogP contribution in [-0.4, -0.2) is 28.9 Å². The molecule has 0 aliphatic carbocycles. The van der Waals surface area contributed by atoms with Crippen LogP contribution in [0.1, 0.15) is 52.0 Å². The minimum absolute atomic E-state index is 0.112. The van der Waals surface area contributed by atoms with Gasteiger partial charge in [0, 0.05) is 25.0 Å². The van der Waals surface area contributed by atoms with E-state index >= 15 is 4.39 Å². The van der Waals surface area contributed by atoms with Gasteiger partial charge in [0.2, 0.25) is 0 Å². The summed E-state index contributed by atoms with van der Waals surface area (Å²) in [4.78, 5) is 13.7. The Morgan fingerprint density at radius 1 is 1.15 bits per heavy atom. The molecule has 39 heavy (non-hydrogen) atoms. The van der Waals surface area contributed by atoms with Crippen molar-refractivity contribution in [3.8, 4) is 17.2 Å². The molecule has 1 aromatic heterocycles. The van der Waals surface area contributed by atoms with Crippen LogP contribution in [0.2, 0.25) is 0 Å². The van der Waals surface area contributed by atoms with E-state index in [1.54, 1.807) is 13.1 Å². The van der Waals surface area contributed by atoms with Crippen LogP contribution in [0.4, 0.5) is 10.1 Å². The molecule has 7 heteroatoms. The average Bonchev–Trinajstić information content (AvgIpc) is 2.91. The second-order valence-electron chi connectivity index (χ2n) is 10.6. The van der Waals surface area contributed by atoms with Crippen molar-refractivity contribution in [2.75, 3.05) is 18.4 Å². The molecule has 2 unspecified atom stereocenters. The fourth-order valence-electron chi connectivity index (χ4n) is 5.19. The number of halogens is 1. The number of fused-ring (bicyclic) bond motifs is 3. The molecule has 3 aromatic carbocycles. The molecule has 0 fully saturated rings. The molecule has 2 heterocycles. The number of nitrogens with zero attached hydrogens (tertiary/aromatic N) is 1. The van der Waals surface area contributed by atoms with Gasteiger partial charge in [-0.2, -0.15) is 0 Å². The highest BCUT2D eigenvalue weighted by molar-refractivity contribution is 5.97. The first-order chi connectivity index (χ1) is 18.8. The smallest absolute Gasteiger partial charge is 0.198 e. The minimum atomic E-state index is -0.698. The Balaban J connectivity index is 1.63. The number of aliphatic hydroxyl groups excluding tert-OH is 1. The standard InChI is InChI=1S/C32H36FN3O3/c1-5-6-9-19(2)12-13-34-21(4)25-18-36-27-14-22-10-7-8-11-23(22)15-28(27)39-32-29(35-17-20(3)37)26(33)16-24(30(32)36)31(25)38/h7-8,10-11,14-16,18-20,34-35,37H,4-6,9,12-13,17H2,1-3H3. The van der Waals surface area contributed by atoms with E-state index in [0.29, 0.717) is 35.0 Å². The third-order valence-electron chi connectivity index (χ3n) is 7.42. The molecule has 0 bridgehead atoms. The summed E-state index contributed by atoms with van der Waals surface area (Å²) in [6.45, 7) is 11.1. The lowest BCUT2D eigenvalue weighted by molar-refractivity contribution is 0.208. The molecule has 0 saturated heterocycles. The molecular weight excluding hydrogens is 493 g/mol. The zero-order chi connectivity index (χ0) is 27.7. The topological polar surface area (TPSA) is 75.5 Å². The van der Waals surface area contributed by atoms with Crippen molar-refractivity contribution in [2.24, 2.45) is 5.92 Å². The molecular formula is C32H36FN3O3. The number of rotatable bonds is 11. The molecule has 1 aliphatic heterocycles. The largest absolute Gasteiger partial charge is 0.451 e. The van der Waals surface area contributed by atoms with Crippen molar-refractivity contribution in [3.63, 3.8) is 0 Å². The highest BCUT2D eigenvalue weighted by Gasteiger charge is 2.28. The first-order valence-electron chi connectivity index (χ1n) is 13.8. The van der Waals surface area contributed by atoms with Gasteiger partial charge in [0.1, 0.15) is 11.2 Å². The zero-order valence-corrected chi connectivity index (χ0v) is 22.8. The molecule has 5 rings (SSSR count). The number of ether oxygens (including phenoxy) is 1. The number of aliphatic hydroxyl groups is 1. The van der Waals surface area contributed by atoms with Gasteiger partial charge in [0.25, 0.3) is 0 Å². The lowest BCUT2D eigenvalue weighted by Gasteiger charge is -2.27. The van der Waals surface area contributed by atoms with Crippen LogP contribution in [-0.2, 0) is 0 Å². The lowest BCUT2D eigenvalue weighted by Crippen LogP contribution is -2.24. The Hall–Kier alpha value is -3.84. The van der Waals surface area contributed by atoms with Crippen molar-refractivity contribution < 1.29 is 14.2 Å². The summed E-state index contributed by atoms with van der Waals surface area (Å²) in [5.41, 5.74) is 1.93. The zero-order valence-electron chi connectivity index (χ0n) is 22.8. The number of benzene rings is 3. The number of unbranched alkanes of at least 4 members (excludes halogenated alkanes) is 1. The Morgan fingerprint density at radius 3 is 2.62 bits per heavy atom. The van der Waals surface area contributed by atoms with Crippen LogP contribution in [0.5, 0.6) is 11.5 Å². The highest BCUT2D eigenvalue weighted by atomic mass is 19.1. The van der Waals surface area contributed by atoms with Crippen molar-refractivity contribution >= 4 is 33.1 Å². The van der Waals surface area contributed by atoms with Crippen LogP contribution >= 0.6 is 0 Å². The fraction of sp³-hybridized carbons (Fsp3) is 0.344. The summed E-state index contributed by atoms with van der Waals surface area (Å²) in [6, 6.07) is 13.1. The Morgan fingerprint density at radius 2 is 1.90 bits per heavy atom. The first-order valence-corrected chi connectivity index (χ1v) is 13.8. The molecule has 204 valence electrons. The Kier molecular flexibility index (Phi) is 7.62. The monoisotopic (exact) mass is 529 g/mol. The second-order valence-corrected chi connectivity index (χ2v) is 10.6. The van der Waals surface area contributed by atoms with Crippen molar-refractivity contribution in [1.29, 1.82) is 0 Å². The number of nitrogens with one attached hydrogen (secondary N) is 2.